The van der Waals surface area contributed by atoms with E-state index in [1.54, 1.807) is 10.9 Å². The van der Waals surface area contributed by atoms with Crippen LogP contribution in [-0.2, 0) is 11.2 Å². The second kappa shape index (κ2) is 4.78. The Morgan fingerprint density at radius 2 is 2.29 bits per heavy atom. The summed E-state index contributed by atoms with van der Waals surface area (Å²) in [4.78, 5) is 11.2. The molecule has 1 aromatic carbocycles. The molecule has 17 heavy (non-hydrogen) atoms. The van der Waals surface area contributed by atoms with Crippen LogP contribution in [0.2, 0.25) is 0 Å². The average molecular weight is 231 g/mol. The Labute approximate surface area is 99.0 Å². The number of aromatic nitrogens is 3. The number of carbonyl (C=O) groups is 1. The number of hydrogen-bond donors (Lipinski definition) is 0. The van der Waals surface area contributed by atoms with Crippen molar-refractivity contribution in [2.75, 3.05) is 7.11 Å². The summed E-state index contributed by atoms with van der Waals surface area (Å²) in [5, 5.41) is 7.65. The van der Waals surface area contributed by atoms with E-state index >= 15 is 0 Å². The van der Waals surface area contributed by atoms with Crippen LogP contribution in [0.3, 0.4) is 0 Å². The number of ether oxygens (including phenoxy) is 1. The summed E-state index contributed by atoms with van der Waals surface area (Å²) in [5.41, 5.74) is 2.29. The molecule has 0 aliphatic heterocycles. The van der Waals surface area contributed by atoms with Crippen LogP contribution in [-0.4, -0.2) is 28.1 Å². The molecule has 0 unspecified atom stereocenters. The van der Waals surface area contributed by atoms with Gasteiger partial charge in [-0.05, 0) is 24.1 Å². The molecule has 0 saturated heterocycles. The third-order valence-electron chi connectivity index (χ3n) is 2.47. The molecule has 0 saturated carbocycles. The number of benzene rings is 1. The summed E-state index contributed by atoms with van der Waals surface area (Å²) < 4.78 is 6.14. The van der Waals surface area contributed by atoms with Gasteiger partial charge in [0.25, 0.3) is 0 Å². The summed E-state index contributed by atoms with van der Waals surface area (Å²) in [6.45, 7) is 2.08. The predicted molar refractivity (Wildman–Crippen MR) is 62.1 cm³/mol. The first kappa shape index (κ1) is 11.3. The molecule has 88 valence electrons. The second-order valence-corrected chi connectivity index (χ2v) is 3.56. The molecule has 5 nitrogen and oxygen atoms in total. The number of rotatable bonds is 3. The van der Waals surface area contributed by atoms with Gasteiger partial charge in [0.2, 0.25) is 0 Å². The molecule has 0 radical (unpaired) electrons. The topological polar surface area (TPSA) is 57.0 Å². The molecule has 0 fully saturated rings. The number of nitrogens with zero attached hydrogens (tertiary/aromatic N) is 3. The van der Waals surface area contributed by atoms with E-state index in [-0.39, 0.29) is 5.69 Å². The fourth-order valence-electron chi connectivity index (χ4n) is 1.51. The van der Waals surface area contributed by atoms with Gasteiger partial charge in [-0.1, -0.05) is 24.3 Å². The minimum atomic E-state index is -0.483. The molecular weight excluding hydrogens is 218 g/mol. The highest BCUT2D eigenvalue weighted by Gasteiger charge is 2.11. The number of carbonyl (C=O) groups excluding carboxylic acids is 1. The van der Waals surface area contributed by atoms with Crippen LogP contribution in [0.15, 0.2) is 30.5 Å². The lowest BCUT2D eigenvalue weighted by Crippen LogP contribution is -2.01. The second-order valence-electron chi connectivity index (χ2n) is 3.56. The molecule has 2 rings (SSSR count). The van der Waals surface area contributed by atoms with E-state index in [1.165, 1.54) is 12.7 Å². The molecule has 0 amide bonds. The maximum Gasteiger partial charge on any atom is 0.360 e. The molecule has 1 aromatic heterocycles. The maximum atomic E-state index is 11.2. The molecule has 5 heteroatoms. The van der Waals surface area contributed by atoms with Crippen LogP contribution < -0.4 is 0 Å². The summed E-state index contributed by atoms with van der Waals surface area (Å²) in [5.74, 6) is -0.483. The molecule has 0 aliphatic carbocycles. The van der Waals surface area contributed by atoms with Crippen molar-refractivity contribution in [1.82, 2.24) is 15.0 Å². The normalized spacial score (nSPS) is 10.2. The number of esters is 1. The van der Waals surface area contributed by atoms with Crippen molar-refractivity contribution in [3.05, 3.63) is 41.7 Å². The number of methoxy groups -OCH3 is 1. The standard InChI is InChI=1S/C12H13N3O2/c1-3-9-5-4-6-10(7-9)15-8-11(13-14-15)12(16)17-2/h4-8H,3H2,1-2H3. The van der Waals surface area contributed by atoms with Crippen LogP contribution >= 0.6 is 0 Å². The van der Waals surface area contributed by atoms with E-state index < -0.39 is 5.97 Å². The first-order chi connectivity index (χ1) is 8.24. The Morgan fingerprint density at radius 3 is 3.00 bits per heavy atom. The van der Waals surface area contributed by atoms with Crippen LogP contribution in [0.1, 0.15) is 23.0 Å². The minimum absolute atomic E-state index is 0.203. The van der Waals surface area contributed by atoms with Crippen molar-refractivity contribution in [1.29, 1.82) is 0 Å². The van der Waals surface area contributed by atoms with Gasteiger partial charge in [-0.15, -0.1) is 5.10 Å². The SMILES string of the molecule is CCc1cccc(-n2cc(C(=O)OC)nn2)c1. The third kappa shape index (κ3) is 2.33. The summed E-state index contributed by atoms with van der Waals surface area (Å²) in [7, 11) is 1.32. The van der Waals surface area contributed by atoms with Gasteiger partial charge >= 0.3 is 5.97 Å². The third-order valence-corrected chi connectivity index (χ3v) is 2.47. The number of aryl methyl sites for hydroxylation is 1. The van der Waals surface area contributed by atoms with Gasteiger partial charge in [-0.3, -0.25) is 0 Å². The van der Waals surface area contributed by atoms with Crippen molar-refractivity contribution in [3.8, 4) is 5.69 Å². The Morgan fingerprint density at radius 1 is 1.47 bits per heavy atom. The molecule has 0 aliphatic rings. The van der Waals surface area contributed by atoms with Crippen molar-refractivity contribution < 1.29 is 9.53 Å². The zero-order chi connectivity index (χ0) is 12.3. The minimum Gasteiger partial charge on any atom is -0.464 e. The first-order valence-electron chi connectivity index (χ1n) is 5.34. The molecule has 0 atom stereocenters. The number of hydrogen-bond acceptors (Lipinski definition) is 4. The van der Waals surface area contributed by atoms with Crippen LogP contribution in [0.25, 0.3) is 5.69 Å². The van der Waals surface area contributed by atoms with E-state index in [9.17, 15) is 4.79 Å². The Kier molecular flexibility index (Phi) is 3.18. The highest BCUT2D eigenvalue weighted by atomic mass is 16.5. The Hall–Kier alpha value is -2.17. The van der Waals surface area contributed by atoms with Gasteiger partial charge in [-0.2, -0.15) is 0 Å². The van der Waals surface area contributed by atoms with E-state index in [1.807, 2.05) is 24.3 Å². The molecular formula is C12H13N3O2. The van der Waals surface area contributed by atoms with Crippen LogP contribution in [0, 0.1) is 0 Å². The molecule has 0 spiro atoms. The van der Waals surface area contributed by atoms with Gasteiger partial charge in [0.1, 0.15) is 0 Å². The van der Waals surface area contributed by atoms with Crippen LogP contribution in [0.4, 0.5) is 0 Å². The summed E-state index contributed by atoms with van der Waals surface area (Å²) in [6.07, 6.45) is 2.51. The summed E-state index contributed by atoms with van der Waals surface area (Å²) >= 11 is 0. The van der Waals surface area contributed by atoms with Crippen LogP contribution in [0.5, 0.6) is 0 Å². The van der Waals surface area contributed by atoms with Gasteiger partial charge in [-0.25, -0.2) is 9.48 Å². The lowest BCUT2D eigenvalue weighted by atomic mass is 10.1. The first-order valence-corrected chi connectivity index (χ1v) is 5.34. The van der Waals surface area contributed by atoms with Crippen molar-refractivity contribution >= 4 is 5.97 Å². The lowest BCUT2D eigenvalue weighted by molar-refractivity contribution is 0.0594. The molecule has 1 heterocycles. The zero-order valence-corrected chi connectivity index (χ0v) is 9.75. The Balaban J connectivity index is 2.33. The predicted octanol–water partition coefficient (Wildman–Crippen LogP) is 1.62. The van der Waals surface area contributed by atoms with Gasteiger partial charge in [0.15, 0.2) is 5.69 Å². The summed E-state index contributed by atoms with van der Waals surface area (Å²) in [6, 6.07) is 7.92. The highest BCUT2D eigenvalue weighted by Crippen LogP contribution is 2.10. The molecule has 0 N–H and O–H groups in total. The van der Waals surface area contributed by atoms with Gasteiger partial charge in [0, 0.05) is 0 Å². The van der Waals surface area contributed by atoms with Crippen molar-refractivity contribution in [3.63, 3.8) is 0 Å². The van der Waals surface area contributed by atoms with Gasteiger partial charge in [0.05, 0.1) is 19.0 Å². The monoisotopic (exact) mass is 231 g/mol. The van der Waals surface area contributed by atoms with E-state index in [4.69, 9.17) is 0 Å². The maximum absolute atomic E-state index is 11.2. The van der Waals surface area contributed by atoms with Gasteiger partial charge < -0.3 is 4.74 Å². The van der Waals surface area contributed by atoms with Crippen molar-refractivity contribution in [2.45, 2.75) is 13.3 Å². The quantitative estimate of drug-likeness (QED) is 0.753. The molecule has 0 bridgehead atoms. The smallest absolute Gasteiger partial charge is 0.360 e. The Bertz CT molecular complexity index is 534. The fourth-order valence-corrected chi connectivity index (χ4v) is 1.51. The van der Waals surface area contributed by atoms with E-state index in [0.29, 0.717) is 0 Å². The van der Waals surface area contributed by atoms with E-state index in [2.05, 4.69) is 22.0 Å². The molecule has 2 aromatic rings. The van der Waals surface area contributed by atoms with E-state index in [0.717, 1.165) is 12.1 Å². The highest BCUT2D eigenvalue weighted by molar-refractivity contribution is 5.86. The largest absolute Gasteiger partial charge is 0.464 e. The van der Waals surface area contributed by atoms with Crippen molar-refractivity contribution in [2.24, 2.45) is 0 Å². The fraction of sp³-hybridized carbons (Fsp3) is 0.250. The zero-order valence-electron chi connectivity index (χ0n) is 9.75. The lowest BCUT2D eigenvalue weighted by Gasteiger charge is -2.01. The average Bonchev–Trinajstić information content (AvgIpc) is 2.87.